The standard InChI is InChI=1S/C18H21N3O6/c19-13-8-12(9-21-15(13)17(24)25)16(23)14(22)6-7-20-18(26)27-10-11-4-2-1-3-5-11/h1-5,8-9,14,16,22-23H,6-7,10,19H2,(H,20,26)(H,24,25). The molecule has 2 unspecified atom stereocenters. The quantitative estimate of drug-likeness (QED) is 0.459. The molecule has 0 radical (unpaired) electrons. The number of hydrogen-bond donors (Lipinski definition) is 5. The molecule has 27 heavy (non-hydrogen) atoms. The highest BCUT2D eigenvalue weighted by Crippen LogP contribution is 2.21. The first kappa shape index (κ1) is 20.1. The summed E-state index contributed by atoms with van der Waals surface area (Å²) < 4.78 is 5.03. The van der Waals surface area contributed by atoms with E-state index in [4.69, 9.17) is 15.6 Å². The summed E-state index contributed by atoms with van der Waals surface area (Å²) in [6.45, 7) is 0.195. The van der Waals surface area contributed by atoms with E-state index in [9.17, 15) is 19.8 Å². The molecule has 1 heterocycles. The number of carbonyl (C=O) groups excluding carboxylic acids is 1. The van der Waals surface area contributed by atoms with Gasteiger partial charge in [0.15, 0.2) is 5.69 Å². The van der Waals surface area contributed by atoms with Gasteiger partial charge in [-0.15, -0.1) is 0 Å². The van der Waals surface area contributed by atoms with Gasteiger partial charge in [0.2, 0.25) is 0 Å². The highest BCUT2D eigenvalue weighted by Gasteiger charge is 2.21. The van der Waals surface area contributed by atoms with Gasteiger partial charge in [0, 0.05) is 18.3 Å². The van der Waals surface area contributed by atoms with Gasteiger partial charge in [0.1, 0.15) is 12.7 Å². The maximum Gasteiger partial charge on any atom is 0.407 e. The highest BCUT2D eigenvalue weighted by molar-refractivity contribution is 5.91. The lowest BCUT2D eigenvalue weighted by Gasteiger charge is -2.18. The molecule has 0 bridgehead atoms. The lowest BCUT2D eigenvalue weighted by Crippen LogP contribution is -2.29. The van der Waals surface area contributed by atoms with Gasteiger partial charge in [-0.1, -0.05) is 30.3 Å². The van der Waals surface area contributed by atoms with Crippen molar-refractivity contribution >= 4 is 17.7 Å². The number of rotatable bonds is 8. The Morgan fingerprint density at radius 1 is 1.22 bits per heavy atom. The molecule has 0 aliphatic heterocycles. The molecule has 0 saturated carbocycles. The van der Waals surface area contributed by atoms with Crippen molar-refractivity contribution in [2.75, 3.05) is 12.3 Å². The van der Waals surface area contributed by atoms with Crippen molar-refractivity contribution in [3.05, 3.63) is 59.4 Å². The van der Waals surface area contributed by atoms with Crippen LogP contribution in [0.15, 0.2) is 42.6 Å². The number of pyridine rings is 1. The molecule has 2 aromatic rings. The van der Waals surface area contributed by atoms with E-state index < -0.39 is 24.3 Å². The zero-order chi connectivity index (χ0) is 19.8. The van der Waals surface area contributed by atoms with Crippen molar-refractivity contribution in [2.24, 2.45) is 0 Å². The fourth-order valence-corrected chi connectivity index (χ4v) is 2.32. The van der Waals surface area contributed by atoms with Gasteiger partial charge in [-0.25, -0.2) is 14.6 Å². The molecule has 1 amide bonds. The number of carboxylic acids is 1. The fraction of sp³-hybridized carbons (Fsp3) is 0.278. The number of ether oxygens (including phenoxy) is 1. The molecule has 2 atom stereocenters. The molecular weight excluding hydrogens is 354 g/mol. The van der Waals surface area contributed by atoms with Crippen LogP contribution in [-0.4, -0.2) is 45.0 Å². The molecule has 0 fully saturated rings. The molecule has 2 rings (SSSR count). The van der Waals surface area contributed by atoms with E-state index in [1.54, 1.807) is 0 Å². The molecule has 0 aliphatic rings. The van der Waals surface area contributed by atoms with Crippen LogP contribution < -0.4 is 11.1 Å². The van der Waals surface area contributed by atoms with Gasteiger partial charge in [-0.2, -0.15) is 0 Å². The minimum atomic E-state index is -1.33. The Balaban J connectivity index is 1.77. The highest BCUT2D eigenvalue weighted by atomic mass is 16.5. The van der Waals surface area contributed by atoms with E-state index in [1.807, 2.05) is 30.3 Å². The van der Waals surface area contributed by atoms with Crippen molar-refractivity contribution in [2.45, 2.75) is 25.2 Å². The zero-order valence-corrected chi connectivity index (χ0v) is 14.4. The second-order valence-corrected chi connectivity index (χ2v) is 5.80. The molecule has 144 valence electrons. The van der Waals surface area contributed by atoms with Gasteiger partial charge < -0.3 is 31.1 Å². The van der Waals surface area contributed by atoms with Gasteiger partial charge in [-0.3, -0.25) is 0 Å². The van der Waals surface area contributed by atoms with Gasteiger partial charge in [0.05, 0.1) is 11.8 Å². The third kappa shape index (κ3) is 5.94. The predicted molar refractivity (Wildman–Crippen MR) is 95.8 cm³/mol. The third-order valence-electron chi connectivity index (χ3n) is 3.77. The Morgan fingerprint density at radius 3 is 2.56 bits per heavy atom. The Bertz CT molecular complexity index is 784. The van der Waals surface area contributed by atoms with Gasteiger partial charge in [-0.05, 0) is 18.1 Å². The smallest absolute Gasteiger partial charge is 0.407 e. The van der Waals surface area contributed by atoms with Crippen molar-refractivity contribution in [3.63, 3.8) is 0 Å². The number of aliphatic hydroxyl groups is 2. The van der Waals surface area contributed by atoms with E-state index in [-0.39, 0.29) is 36.5 Å². The number of benzene rings is 1. The molecule has 1 aromatic heterocycles. The van der Waals surface area contributed by atoms with Crippen molar-refractivity contribution < 1.29 is 29.6 Å². The first-order valence-corrected chi connectivity index (χ1v) is 8.18. The molecule has 1 aromatic carbocycles. The van der Waals surface area contributed by atoms with E-state index in [0.717, 1.165) is 11.8 Å². The lowest BCUT2D eigenvalue weighted by atomic mass is 10.0. The Kier molecular flexibility index (Phi) is 7.09. The first-order valence-electron chi connectivity index (χ1n) is 8.18. The van der Waals surface area contributed by atoms with Crippen LogP contribution in [0.2, 0.25) is 0 Å². The van der Waals surface area contributed by atoms with E-state index in [0.29, 0.717) is 0 Å². The second-order valence-electron chi connectivity index (χ2n) is 5.80. The topological polar surface area (TPSA) is 155 Å². The molecule has 0 saturated heterocycles. The third-order valence-corrected chi connectivity index (χ3v) is 3.77. The second kappa shape index (κ2) is 9.51. The summed E-state index contributed by atoms with van der Waals surface area (Å²) in [7, 11) is 0. The van der Waals surface area contributed by atoms with Crippen LogP contribution in [0.25, 0.3) is 0 Å². The summed E-state index contributed by atoms with van der Waals surface area (Å²) in [5, 5.41) is 31.5. The number of nitrogens with zero attached hydrogens (tertiary/aromatic N) is 1. The van der Waals surface area contributed by atoms with Crippen LogP contribution in [0.4, 0.5) is 10.5 Å². The van der Waals surface area contributed by atoms with Crippen LogP contribution in [0.3, 0.4) is 0 Å². The van der Waals surface area contributed by atoms with Crippen LogP contribution in [0.5, 0.6) is 0 Å². The SMILES string of the molecule is Nc1cc(C(O)C(O)CCNC(=O)OCc2ccccc2)cnc1C(=O)O. The summed E-state index contributed by atoms with van der Waals surface area (Å²) in [5.74, 6) is -1.28. The van der Waals surface area contributed by atoms with Gasteiger partial charge >= 0.3 is 12.1 Å². The van der Waals surface area contributed by atoms with E-state index in [1.165, 1.54) is 6.07 Å². The number of aromatic nitrogens is 1. The summed E-state index contributed by atoms with van der Waals surface area (Å²) in [4.78, 5) is 26.2. The average molecular weight is 375 g/mol. The molecule has 0 spiro atoms. The average Bonchev–Trinajstić information content (AvgIpc) is 2.66. The number of nitrogens with one attached hydrogen (secondary N) is 1. The molecule has 9 nitrogen and oxygen atoms in total. The minimum absolute atomic E-state index is 0.0438. The number of aromatic carboxylic acids is 1. The molecule has 9 heteroatoms. The maximum absolute atomic E-state index is 11.6. The van der Waals surface area contributed by atoms with E-state index >= 15 is 0 Å². The lowest BCUT2D eigenvalue weighted by molar-refractivity contribution is 0.0134. The van der Waals surface area contributed by atoms with Crippen LogP contribution in [0.1, 0.15) is 34.1 Å². The first-order chi connectivity index (χ1) is 12.9. The van der Waals surface area contributed by atoms with Crippen molar-refractivity contribution in [3.8, 4) is 0 Å². The van der Waals surface area contributed by atoms with Gasteiger partial charge in [0.25, 0.3) is 0 Å². The molecule has 6 N–H and O–H groups in total. The van der Waals surface area contributed by atoms with Crippen LogP contribution in [0, 0.1) is 0 Å². The number of nitrogens with two attached hydrogens (primary N) is 1. The van der Waals surface area contributed by atoms with Crippen LogP contribution in [-0.2, 0) is 11.3 Å². The van der Waals surface area contributed by atoms with Crippen LogP contribution >= 0.6 is 0 Å². The predicted octanol–water partition coefficient (Wildman–Crippen LogP) is 1.07. The number of nitrogen functional groups attached to an aromatic ring is 1. The summed E-state index contributed by atoms with van der Waals surface area (Å²) >= 11 is 0. The normalized spacial score (nSPS) is 12.8. The minimum Gasteiger partial charge on any atom is -0.476 e. The number of amides is 1. The number of aliphatic hydroxyl groups excluding tert-OH is 2. The number of carbonyl (C=O) groups is 2. The summed E-state index contributed by atoms with van der Waals surface area (Å²) in [6, 6.07) is 10.4. The Morgan fingerprint density at radius 2 is 1.93 bits per heavy atom. The van der Waals surface area contributed by atoms with E-state index in [2.05, 4.69) is 10.3 Å². The number of anilines is 1. The Labute approximate surface area is 155 Å². The zero-order valence-electron chi connectivity index (χ0n) is 14.4. The summed E-state index contributed by atoms with van der Waals surface area (Å²) in [5.41, 5.74) is 6.15. The van der Waals surface area contributed by atoms with Crippen molar-refractivity contribution in [1.29, 1.82) is 0 Å². The number of alkyl carbamates (subject to hydrolysis) is 1. The fourth-order valence-electron chi connectivity index (χ4n) is 2.32. The molecular formula is C18H21N3O6. The maximum atomic E-state index is 11.6. The Hall–Kier alpha value is -3.17. The number of hydrogen-bond acceptors (Lipinski definition) is 7. The van der Waals surface area contributed by atoms with Crippen molar-refractivity contribution in [1.82, 2.24) is 10.3 Å². The largest absolute Gasteiger partial charge is 0.476 e. The monoisotopic (exact) mass is 375 g/mol. The molecule has 0 aliphatic carbocycles. The number of carboxylic acid groups (broad SMARTS) is 1. The summed E-state index contributed by atoms with van der Waals surface area (Å²) in [6.07, 6.45) is -2.00.